The molecule has 0 bridgehead atoms. The number of benzene rings is 2. The number of carbonyl (C=O) groups excluding carboxylic acids is 1. The zero-order chi connectivity index (χ0) is 26.6. The number of hydrogen-bond acceptors (Lipinski definition) is 8. The van der Waals surface area contributed by atoms with Gasteiger partial charge in [-0.2, -0.15) is 0 Å². The summed E-state index contributed by atoms with van der Waals surface area (Å²) in [6, 6.07) is 17.4. The van der Waals surface area contributed by atoms with Crippen LogP contribution in [0.15, 0.2) is 70.9 Å². The van der Waals surface area contributed by atoms with Crippen LogP contribution >= 0.6 is 11.8 Å². The van der Waals surface area contributed by atoms with E-state index in [1.807, 2.05) is 48.7 Å². The van der Waals surface area contributed by atoms with Gasteiger partial charge < -0.3 is 24.4 Å². The van der Waals surface area contributed by atoms with Crippen molar-refractivity contribution in [3.05, 3.63) is 77.0 Å². The number of esters is 1. The molecular formula is C30H39N3O4S. The van der Waals surface area contributed by atoms with Gasteiger partial charge in [-0.3, -0.25) is 0 Å². The summed E-state index contributed by atoms with van der Waals surface area (Å²) >= 11 is 1.51. The molecule has 2 aromatic carbocycles. The van der Waals surface area contributed by atoms with Crippen LogP contribution in [-0.4, -0.2) is 68.9 Å². The van der Waals surface area contributed by atoms with Crippen molar-refractivity contribution in [3.63, 3.8) is 0 Å². The van der Waals surface area contributed by atoms with E-state index < -0.39 is 6.04 Å². The van der Waals surface area contributed by atoms with Gasteiger partial charge in [0.1, 0.15) is 11.8 Å². The highest BCUT2D eigenvalue weighted by molar-refractivity contribution is 8.13. The molecule has 0 amide bonds. The van der Waals surface area contributed by atoms with Crippen molar-refractivity contribution in [1.29, 1.82) is 0 Å². The number of methoxy groups -OCH3 is 1. The average molecular weight is 538 g/mol. The molecule has 2 aliphatic rings. The van der Waals surface area contributed by atoms with E-state index in [0.717, 1.165) is 54.7 Å². The summed E-state index contributed by atoms with van der Waals surface area (Å²) in [5.41, 5.74) is 3.36. The summed E-state index contributed by atoms with van der Waals surface area (Å²) in [6.45, 7) is 4.42. The first-order valence-corrected chi connectivity index (χ1v) is 14.7. The molecule has 7 nitrogen and oxygen atoms in total. The summed E-state index contributed by atoms with van der Waals surface area (Å²) in [5, 5.41) is 4.09. The molecule has 0 radical (unpaired) electrons. The van der Waals surface area contributed by atoms with Crippen LogP contribution in [0.2, 0.25) is 0 Å². The third-order valence-electron chi connectivity index (χ3n) is 6.88. The van der Waals surface area contributed by atoms with Gasteiger partial charge in [0.2, 0.25) is 0 Å². The predicted molar refractivity (Wildman–Crippen MR) is 154 cm³/mol. The van der Waals surface area contributed by atoms with Crippen LogP contribution in [0.5, 0.6) is 5.75 Å². The molecule has 0 saturated carbocycles. The maximum atomic E-state index is 13.5. The summed E-state index contributed by atoms with van der Waals surface area (Å²) in [4.78, 5) is 20.8. The quantitative estimate of drug-likeness (QED) is 0.302. The highest BCUT2D eigenvalue weighted by Gasteiger charge is 2.32. The molecule has 2 heterocycles. The largest absolute Gasteiger partial charge is 0.497 e. The Morgan fingerprint density at radius 2 is 1.82 bits per heavy atom. The number of piperidine rings is 1. The van der Waals surface area contributed by atoms with Crippen LogP contribution < -0.4 is 10.1 Å². The maximum Gasteiger partial charge on any atom is 0.338 e. The fourth-order valence-electron chi connectivity index (χ4n) is 4.77. The Bertz CT molecular complexity index is 1080. The van der Waals surface area contributed by atoms with Crippen LogP contribution in [0.4, 0.5) is 0 Å². The first-order chi connectivity index (χ1) is 18.7. The van der Waals surface area contributed by atoms with Crippen LogP contribution in [0.3, 0.4) is 0 Å². The number of amidine groups is 1. The monoisotopic (exact) mass is 537 g/mol. The number of likely N-dealkylation sites (tertiary alicyclic amines) is 1. The summed E-state index contributed by atoms with van der Waals surface area (Å²) in [5.74, 6) is 0.400. The summed E-state index contributed by atoms with van der Waals surface area (Å²) in [6.07, 6.45) is 7.40. The Kier molecular flexibility index (Phi) is 11.1. The molecule has 1 saturated heterocycles. The van der Waals surface area contributed by atoms with Crippen LogP contribution in [0.25, 0.3) is 0 Å². The van der Waals surface area contributed by atoms with Crippen LogP contribution in [0.1, 0.15) is 42.9 Å². The van der Waals surface area contributed by atoms with Gasteiger partial charge >= 0.3 is 5.97 Å². The van der Waals surface area contributed by atoms with E-state index in [1.54, 1.807) is 7.11 Å². The van der Waals surface area contributed by atoms with Crippen molar-refractivity contribution in [2.45, 2.75) is 38.1 Å². The number of nitrogens with one attached hydrogen (secondary N) is 1. The van der Waals surface area contributed by atoms with Crippen molar-refractivity contribution in [3.8, 4) is 5.75 Å². The Hall–Kier alpha value is -2.81. The lowest BCUT2D eigenvalue weighted by Gasteiger charge is -2.28. The van der Waals surface area contributed by atoms with Gasteiger partial charge in [-0.05, 0) is 68.3 Å². The van der Waals surface area contributed by atoms with Crippen molar-refractivity contribution in [2.24, 2.45) is 4.99 Å². The molecule has 38 heavy (non-hydrogen) atoms. The van der Waals surface area contributed by atoms with E-state index in [9.17, 15) is 4.79 Å². The molecule has 204 valence electrons. The van der Waals surface area contributed by atoms with E-state index in [1.165, 1.54) is 36.6 Å². The number of thioether (sulfide) groups is 1. The highest BCUT2D eigenvalue weighted by atomic mass is 32.2. The number of rotatable bonds is 12. The van der Waals surface area contributed by atoms with Gasteiger partial charge in [0, 0.05) is 6.54 Å². The molecule has 1 unspecified atom stereocenters. The summed E-state index contributed by atoms with van der Waals surface area (Å²) < 4.78 is 17.2. The highest BCUT2D eigenvalue weighted by Crippen LogP contribution is 2.34. The fraction of sp³-hybridized carbons (Fsp3) is 0.467. The second-order valence-corrected chi connectivity index (χ2v) is 10.3. The Labute approximate surface area is 230 Å². The number of hydrogen-bond donors (Lipinski definition) is 1. The minimum Gasteiger partial charge on any atom is -0.497 e. The molecule has 0 aromatic heterocycles. The molecule has 8 heteroatoms. The molecule has 2 aromatic rings. The number of nitrogens with zero attached hydrogens (tertiary/aromatic N) is 2. The lowest BCUT2D eigenvalue weighted by Crippen LogP contribution is -2.35. The Morgan fingerprint density at radius 1 is 1.05 bits per heavy atom. The van der Waals surface area contributed by atoms with E-state index in [2.05, 4.69) is 22.3 Å². The third-order valence-corrected chi connectivity index (χ3v) is 7.47. The molecular weight excluding hydrogens is 498 g/mol. The summed E-state index contributed by atoms with van der Waals surface area (Å²) in [7, 11) is 1.64. The van der Waals surface area contributed by atoms with E-state index in [4.69, 9.17) is 19.2 Å². The van der Waals surface area contributed by atoms with Gasteiger partial charge in [0.15, 0.2) is 5.17 Å². The second kappa shape index (κ2) is 15.0. The number of aryl methyl sites for hydroxylation is 1. The molecule has 2 aliphatic heterocycles. The number of ether oxygens (including phenoxy) is 3. The Morgan fingerprint density at radius 3 is 2.53 bits per heavy atom. The van der Waals surface area contributed by atoms with Gasteiger partial charge in [-0.1, -0.05) is 60.6 Å². The minimum atomic E-state index is -0.480. The maximum absolute atomic E-state index is 13.5. The molecule has 0 spiro atoms. The van der Waals surface area contributed by atoms with Crippen molar-refractivity contribution >= 4 is 22.9 Å². The zero-order valence-electron chi connectivity index (χ0n) is 22.5. The standard InChI is InChI=1S/C30H39N3O4S/c1-35-25-15-13-24(14-16-25)28-27(29(34)37-20-9-12-23-10-5-3-6-11-23)26(31-30(32-28)38-2)22-36-21-19-33-17-7-4-8-18-33/h3,5-6,10-11,13-16,28H,4,7-9,12,17-22H2,1-2H3,(H,31,32). The Balaban J connectivity index is 1.47. The zero-order valence-corrected chi connectivity index (χ0v) is 23.3. The first kappa shape index (κ1) is 28.2. The van der Waals surface area contributed by atoms with Gasteiger partial charge in [0.25, 0.3) is 0 Å². The van der Waals surface area contributed by atoms with E-state index >= 15 is 0 Å². The molecule has 1 fully saturated rings. The first-order valence-electron chi connectivity index (χ1n) is 13.4. The van der Waals surface area contributed by atoms with Gasteiger partial charge in [0.05, 0.1) is 38.2 Å². The second-order valence-electron chi connectivity index (χ2n) is 9.51. The van der Waals surface area contributed by atoms with Crippen molar-refractivity contribution in [1.82, 2.24) is 10.2 Å². The van der Waals surface area contributed by atoms with Crippen molar-refractivity contribution in [2.75, 3.05) is 52.8 Å². The normalized spacial score (nSPS) is 18.1. The smallest absolute Gasteiger partial charge is 0.338 e. The average Bonchev–Trinajstić information content (AvgIpc) is 2.98. The van der Waals surface area contributed by atoms with Gasteiger partial charge in [-0.15, -0.1) is 0 Å². The molecule has 1 N–H and O–H groups in total. The third kappa shape index (κ3) is 8.09. The number of carbonyl (C=O) groups is 1. The lowest BCUT2D eigenvalue weighted by atomic mass is 9.96. The fourth-order valence-corrected chi connectivity index (χ4v) is 5.21. The SMILES string of the molecule is COc1ccc(C2N=C(SC)NC(COCCN3CCCCC3)=C2C(=O)OCCCc2ccccc2)cc1. The minimum absolute atomic E-state index is 0.300. The predicted octanol–water partition coefficient (Wildman–Crippen LogP) is 4.99. The topological polar surface area (TPSA) is 72.4 Å². The molecule has 1 atom stereocenters. The molecule has 0 aliphatic carbocycles. The van der Waals surface area contributed by atoms with Crippen LogP contribution in [0, 0.1) is 0 Å². The lowest BCUT2D eigenvalue weighted by molar-refractivity contribution is -0.139. The van der Waals surface area contributed by atoms with E-state index in [0.29, 0.717) is 25.4 Å². The van der Waals surface area contributed by atoms with Crippen molar-refractivity contribution < 1.29 is 19.0 Å². The van der Waals surface area contributed by atoms with E-state index in [-0.39, 0.29) is 5.97 Å². The van der Waals surface area contributed by atoms with Crippen LogP contribution in [-0.2, 0) is 20.7 Å². The molecule has 4 rings (SSSR count). The van der Waals surface area contributed by atoms with Gasteiger partial charge in [-0.25, -0.2) is 9.79 Å². The number of aliphatic imine (C=N–C) groups is 1.